The van der Waals surface area contributed by atoms with Gasteiger partial charge in [-0.15, -0.1) is 0 Å². The van der Waals surface area contributed by atoms with Crippen molar-refractivity contribution in [1.29, 1.82) is 0 Å². The summed E-state index contributed by atoms with van der Waals surface area (Å²) in [7, 11) is 0. The number of rotatable bonds is 9. The van der Waals surface area contributed by atoms with Crippen LogP contribution in [0.3, 0.4) is 0 Å². The molecule has 0 radical (unpaired) electrons. The third-order valence-electron chi connectivity index (χ3n) is 3.45. The molecular formula is C16H27NO2. The summed E-state index contributed by atoms with van der Waals surface area (Å²) >= 11 is 0. The van der Waals surface area contributed by atoms with Crippen LogP contribution in [0.15, 0.2) is 18.5 Å². The SMILES string of the molecule is CCCCC(CC)C(O)c1cncc(OCCC)c1. The number of hydrogen-bond donors (Lipinski definition) is 1. The molecule has 0 spiro atoms. The summed E-state index contributed by atoms with van der Waals surface area (Å²) in [5.41, 5.74) is 0.872. The highest BCUT2D eigenvalue weighted by Gasteiger charge is 2.19. The second-order valence-electron chi connectivity index (χ2n) is 5.06. The van der Waals surface area contributed by atoms with Gasteiger partial charge in [-0.2, -0.15) is 0 Å². The lowest BCUT2D eigenvalue weighted by Crippen LogP contribution is -2.12. The van der Waals surface area contributed by atoms with E-state index in [-0.39, 0.29) is 0 Å². The summed E-state index contributed by atoms with van der Waals surface area (Å²) in [6, 6.07) is 1.92. The zero-order valence-corrected chi connectivity index (χ0v) is 12.4. The van der Waals surface area contributed by atoms with Crippen LogP contribution in [0.2, 0.25) is 0 Å². The number of aromatic nitrogens is 1. The predicted octanol–water partition coefficient (Wildman–Crippen LogP) is 4.12. The first-order valence-electron chi connectivity index (χ1n) is 7.48. The van der Waals surface area contributed by atoms with Crippen LogP contribution in [0, 0.1) is 5.92 Å². The minimum absolute atomic E-state index is 0.308. The number of pyridine rings is 1. The maximum atomic E-state index is 10.5. The van der Waals surface area contributed by atoms with E-state index in [0.29, 0.717) is 12.5 Å². The Labute approximate surface area is 117 Å². The van der Waals surface area contributed by atoms with Crippen molar-refractivity contribution >= 4 is 0 Å². The first-order chi connectivity index (χ1) is 9.22. The van der Waals surface area contributed by atoms with Gasteiger partial charge in [-0.3, -0.25) is 4.98 Å². The maximum absolute atomic E-state index is 10.5. The molecule has 0 saturated heterocycles. The first kappa shape index (κ1) is 16.0. The minimum Gasteiger partial charge on any atom is -0.492 e. The monoisotopic (exact) mass is 265 g/mol. The fourth-order valence-electron chi connectivity index (χ4n) is 2.22. The number of aliphatic hydroxyl groups is 1. The summed E-state index contributed by atoms with van der Waals surface area (Å²) in [5.74, 6) is 1.06. The molecule has 3 heteroatoms. The van der Waals surface area contributed by atoms with Gasteiger partial charge < -0.3 is 9.84 Å². The van der Waals surface area contributed by atoms with Crippen LogP contribution in [-0.2, 0) is 0 Å². The molecule has 1 N–H and O–H groups in total. The quantitative estimate of drug-likeness (QED) is 0.730. The van der Waals surface area contributed by atoms with E-state index in [1.54, 1.807) is 12.4 Å². The highest BCUT2D eigenvalue weighted by atomic mass is 16.5. The largest absolute Gasteiger partial charge is 0.492 e. The molecule has 0 aliphatic carbocycles. The highest BCUT2D eigenvalue weighted by molar-refractivity contribution is 5.25. The highest BCUT2D eigenvalue weighted by Crippen LogP contribution is 2.30. The smallest absolute Gasteiger partial charge is 0.137 e. The van der Waals surface area contributed by atoms with Crippen LogP contribution in [0.4, 0.5) is 0 Å². The average molecular weight is 265 g/mol. The van der Waals surface area contributed by atoms with Crippen molar-refractivity contribution in [2.75, 3.05) is 6.61 Å². The van der Waals surface area contributed by atoms with Crippen LogP contribution in [-0.4, -0.2) is 16.7 Å². The van der Waals surface area contributed by atoms with Gasteiger partial charge in [0, 0.05) is 11.8 Å². The molecule has 0 aromatic carbocycles. The number of ether oxygens (including phenoxy) is 1. The van der Waals surface area contributed by atoms with E-state index in [1.807, 2.05) is 6.07 Å². The fourth-order valence-corrected chi connectivity index (χ4v) is 2.22. The molecule has 1 rings (SSSR count). The fraction of sp³-hybridized carbons (Fsp3) is 0.688. The van der Waals surface area contributed by atoms with Gasteiger partial charge in [-0.05, 0) is 24.8 Å². The van der Waals surface area contributed by atoms with Crippen molar-refractivity contribution < 1.29 is 9.84 Å². The van der Waals surface area contributed by atoms with Gasteiger partial charge in [-0.25, -0.2) is 0 Å². The Morgan fingerprint density at radius 3 is 2.63 bits per heavy atom. The van der Waals surface area contributed by atoms with Crippen LogP contribution in [0.1, 0.15) is 64.5 Å². The Morgan fingerprint density at radius 1 is 1.21 bits per heavy atom. The van der Waals surface area contributed by atoms with Crippen molar-refractivity contribution in [1.82, 2.24) is 4.98 Å². The summed E-state index contributed by atoms with van der Waals surface area (Å²) in [5, 5.41) is 10.5. The second kappa shape index (κ2) is 8.92. The Morgan fingerprint density at radius 2 is 2.00 bits per heavy atom. The molecule has 19 heavy (non-hydrogen) atoms. The number of nitrogens with zero attached hydrogens (tertiary/aromatic N) is 1. The van der Waals surface area contributed by atoms with Crippen molar-refractivity contribution in [3.63, 3.8) is 0 Å². The Bertz CT molecular complexity index is 354. The Kier molecular flexibility index (Phi) is 7.49. The normalized spacial score (nSPS) is 14.1. The Hall–Kier alpha value is -1.09. The van der Waals surface area contributed by atoms with Gasteiger partial charge >= 0.3 is 0 Å². The van der Waals surface area contributed by atoms with E-state index in [1.165, 1.54) is 6.42 Å². The van der Waals surface area contributed by atoms with Crippen LogP contribution >= 0.6 is 0 Å². The number of unbranched alkanes of at least 4 members (excludes halogenated alkanes) is 1. The third-order valence-corrected chi connectivity index (χ3v) is 3.45. The van der Waals surface area contributed by atoms with E-state index in [0.717, 1.165) is 37.0 Å². The lowest BCUT2D eigenvalue weighted by molar-refractivity contribution is 0.0982. The topological polar surface area (TPSA) is 42.4 Å². The van der Waals surface area contributed by atoms with E-state index in [2.05, 4.69) is 25.8 Å². The molecule has 0 bridgehead atoms. The maximum Gasteiger partial charge on any atom is 0.137 e. The molecule has 2 unspecified atom stereocenters. The lowest BCUT2D eigenvalue weighted by Gasteiger charge is -2.22. The first-order valence-corrected chi connectivity index (χ1v) is 7.48. The Balaban J connectivity index is 2.70. The van der Waals surface area contributed by atoms with Gasteiger partial charge in [0.15, 0.2) is 0 Å². The van der Waals surface area contributed by atoms with Gasteiger partial charge in [0.05, 0.1) is 18.9 Å². The molecule has 0 fully saturated rings. The molecule has 0 aliphatic rings. The third kappa shape index (κ3) is 5.19. The van der Waals surface area contributed by atoms with Crippen LogP contribution < -0.4 is 4.74 Å². The van der Waals surface area contributed by atoms with Gasteiger partial charge in [0.1, 0.15) is 5.75 Å². The summed E-state index contributed by atoms with van der Waals surface area (Å²) in [4.78, 5) is 4.17. The van der Waals surface area contributed by atoms with Crippen LogP contribution in [0.5, 0.6) is 5.75 Å². The molecule has 1 aromatic heterocycles. The van der Waals surface area contributed by atoms with E-state index >= 15 is 0 Å². The van der Waals surface area contributed by atoms with Crippen molar-refractivity contribution in [2.45, 2.75) is 59.0 Å². The molecule has 2 atom stereocenters. The molecule has 1 heterocycles. The molecule has 1 aromatic rings. The molecular weight excluding hydrogens is 238 g/mol. The molecule has 0 aliphatic heterocycles. The summed E-state index contributed by atoms with van der Waals surface area (Å²) in [6.45, 7) is 7.08. The van der Waals surface area contributed by atoms with Gasteiger partial charge in [0.25, 0.3) is 0 Å². The summed E-state index contributed by atoms with van der Waals surface area (Å²) in [6.07, 6.45) is 8.37. The standard InChI is InChI=1S/C16H27NO2/c1-4-7-8-13(6-3)16(18)14-10-15(12-17-11-14)19-9-5-2/h10-13,16,18H,4-9H2,1-3H3. The lowest BCUT2D eigenvalue weighted by atomic mass is 9.90. The molecule has 0 amide bonds. The predicted molar refractivity (Wildman–Crippen MR) is 78.3 cm³/mol. The van der Waals surface area contributed by atoms with E-state index in [4.69, 9.17) is 4.74 Å². The summed E-state index contributed by atoms with van der Waals surface area (Å²) < 4.78 is 5.57. The van der Waals surface area contributed by atoms with E-state index in [9.17, 15) is 5.11 Å². The average Bonchev–Trinajstić information content (AvgIpc) is 2.46. The molecule has 0 saturated carbocycles. The zero-order chi connectivity index (χ0) is 14.1. The van der Waals surface area contributed by atoms with Crippen molar-refractivity contribution in [3.05, 3.63) is 24.0 Å². The van der Waals surface area contributed by atoms with Crippen molar-refractivity contribution in [3.8, 4) is 5.75 Å². The van der Waals surface area contributed by atoms with Crippen molar-refractivity contribution in [2.24, 2.45) is 5.92 Å². The van der Waals surface area contributed by atoms with Gasteiger partial charge in [-0.1, -0.05) is 40.0 Å². The van der Waals surface area contributed by atoms with E-state index < -0.39 is 6.10 Å². The molecule has 3 nitrogen and oxygen atoms in total. The minimum atomic E-state index is -0.436. The second-order valence-corrected chi connectivity index (χ2v) is 5.06. The zero-order valence-electron chi connectivity index (χ0n) is 12.4. The molecule has 108 valence electrons. The van der Waals surface area contributed by atoms with Crippen LogP contribution in [0.25, 0.3) is 0 Å². The number of hydrogen-bond acceptors (Lipinski definition) is 3. The van der Waals surface area contributed by atoms with Gasteiger partial charge in [0.2, 0.25) is 0 Å². The number of aliphatic hydroxyl groups excluding tert-OH is 1.